The zero-order chi connectivity index (χ0) is 73.3. The fraction of sp³-hybridized carbons (Fsp3) is 0.714. The first-order chi connectivity index (χ1) is 44.8. The topological polar surface area (TPSA) is 310 Å². The molecule has 1 aromatic rings. The van der Waals surface area contributed by atoms with Crippen molar-refractivity contribution >= 4 is 71.2 Å². The molecule has 542 valence electrons. The van der Waals surface area contributed by atoms with Crippen LogP contribution in [-0.4, -0.2) is 246 Å². The van der Waals surface area contributed by atoms with Gasteiger partial charge in [-0.05, 0) is 120 Å². The number of rotatable bonds is 21. The van der Waals surface area contributed by atoms with E-state index < -0.39 is 162 Å². The molecule has 26 heteroatoms. The second-order valence-electron chi connectivity index (χ2n) is 27.8. The Bertz CT molecular complexity index is 2800. The Morgan fingerprint density at radius 2 is 1.05 bits per heavy atom. The molecule has 1 aliphatic heterocycles. The van der Waals surface area contributed by atoms with Gasteiger partial charge in [0.05, 0.1) is 18.8 Å². The molecule has 0 saturated carbocycles. The van der Waals surface area contributed by atoms with Crippen LogP contribution in [-0.2, 0) is 57.5 Å². The van der Waals surface area contributed by atoms with Crippen LogP contribution in [0.2, 0.25) is 0 Å². The predicted molar refractivity (Wildman–Crippen MR) is 369 cm³/mol. The summed E-state index contributed by atoms with van der Waals surface area (Å²) in [5.41, 5.74) is 0. The van der Waals surface area contributed by atoms with Crippen molar-refractivity contribution in [1.29, 1.82) is 0 Å². The number of unbranched alkanes of at least 4 members (excludes halogenated alkanes) is 1. The molecule has 0 aliphatic carbocycles. The number of carbonyl (C=O) groups is 11. The van der Waals surface area contributed by atoms with Gasteiger partial charge >= 0.3 is 0 Å². The third kappa shape index (κ3) is 24.6. The minimum absolute atomic E-state index is 0.0182. The van der Waals surface area contributed by atoms with E-state index in [2.05, 4.69) is 26.4 Å². The lowest BCUT2D eigenvalue weighted by atomic mass is 9.91. The summed E-state index contributed by atoms with van der Waals surface area (Å²) >= 11 is 0. The number of likely N-dealkylation sites (N-methyl/N-ethyl adjacent to an activating group) is 7. The molecule has 1 aromatic carbocycles. The van der Waals surface area contributed by atoms with Gasteiger partial charge in [-0.25, -0.2) is 0 Å². The van der Waals surface area contributed by atoms with Gasteiger partial charge in [-0.2, -0.15) is 0 Å². The lowest BCUT2D eigenvalue weighted by molar-refractivity contribution is -0.157. The van der Waals surface area contributed by atoms with E-state index in [-0.39, 0.29) is 56.5 Å². The number of nitrogens with one attached hydrogen (secondary N) is 4. The van der Waals surface area contributed by atoms with Crippen molar-refractivity contribution in [2.24, 2.45) is 40.7 Å². The number of carbonyl (C=O) groups excluding carboxylic acids is 11. The molecule has 5 N–H and O–H groups in total. The lowest BCUT2D eigenvalue weighted by Gasteiger charge is -2.41. The van der Waals surface area contributed by atoms with Crippen LogP contribution in [0, 0.1) is 35.5 Å². The van der Waals surface area contributed by atoms with E-state index in [1.807, 2.05) is 59.7 Å². The Morgan fingerprint density at radius 3 is 1.57 bits per heavy atom. The monoisotopic (exact) mass is 1350 g/mol. The molecule has 1 aliphatic rings. The van der Waals surface area contributed by atoms with Crippen LogP contribution >= 0.6 is 0 Å². The molecule has 13 atom stereocenters. The molecule has 2 rings (SSSR count). The quantitative estimate of drug-likeness (QED) is 0.0491. The molecule has 26 nitrogen and oxygen atoms in total. The third-order valence-corrected chi connectivity index (χ3v) is 17.6. The largest absolute Gasteiger partial charge is 0.390 e. The van der Waals surface area contributed by atoms with Crippen LogP contribution in [0.25, 0.3) is 0 Å². The second-order valence-corrected chi connectivity index (χ2v) is 27.8. The van der Waals surface area contributed by atoms with Crippen molar-refractivity contribution in [1.82, 2.24) is 55.6 Å². The Labute approximate surface area is 571 Å². The number of aliphatic hydroxyl groups excluding tert-OH is 1. The van der Waals surface area contributed by atoms with E-state index in [4.69, 9.17) is 9.57 Å². The molecular weight excluding hydrogens is 1230 g/mol. The molecular formula is C70H118N12O14. The predicted octanol–water partition coefficient (Wildman–Crippen LogP) is 4.47. The van der Waals surface area contributed by atoms with E-state index >= 15 is 14.4 Å². The molecule has 0 aromatic heterocycles. The molecule has 0 bridgehead atoms. The maximum atomic E-state index is 15.2. The molecule has 0 radical (unpaired) electrons. The summed E-state index contributed by atoms with van der Waals surface area (Å²) in [6.07, 6.45) is 4.05. The summed E-state index contributed by atoms with van der Waals surface area (Å²) in [4.78, 5) is 176. The molecule has 1 saturated heterocycles. The minimum Gasteiger partial charge on any atom is -0.390 e. The van der Waals surface area contributed by atoms with Gasteiger partial charge in [-0.15, -0.1) is 0 Å². The zero-order valence-electron chi connectivity index (χ0n) is 61.7. The number of nitrogens with zero attached hydrogens (tertiary/aromatic N) is 8. The number of amides is 11. The van der Waals surface area contributed by atoms with Crippen LogP contribution in [0.15, 0.2) is 47.6 Å². The highest BCUT2D eigenvalue weighted by Gasteiger charge is 2.46. The minimum atomic E-state index is -1.65. The SMILES string of the molecule is CC=CC[C@@H](C)[C@@H](O)[C@H]1C(=O)N[C@@H](CC)C(=O)N(C)CC(=O)N(C)[C@@H]([C@@H](C)OCCCC=NOc2ccccc2)C(=O)N[C@@H](C(C)C)C(=O)N(C)[C@@H](CC(C)C)C(=O)N[C@@H](C)C(=O)N[C@H](C)C(=O)N(C)[C@@H](CC(C)C)C(=O)N(C)[C@H](CC(C)C)C(=O)N(C)[C@@H](C(C)C)C(=O)N1C. The van der Waals surface area contributed by atoms with E-state index in [9.17, 15) is 43.5 Å². The van der Waals surface area contributed by atoms with Crippen molar-refractivity contribution < 1.29 is 67.4 Å². The summed E-state index contributed by atoms with van der Waals surface area (Å²) in [5, 5.41) is 27.2. The molecule has 0 spiro atoms. The van der Waals surface area contributed by atoms with Crippen LogP contribution in [0.1, 0.15) is 156 Å². The van der Waals surface area contributed by atoms with Crippen LogP contribution < -0.4 is 26.1 Å². The number of oxime groups is 1. The lowest BCUT2D eigenvalue weighted by Crippen LogP contribution is -2.63. The van der Waals surface area contributed by atoms with Crippen LogP contribution in [0.4, 0.5) is 0 Å². The van der Waals surface area contributed by atoms with E-state index in [0.29, 0.717) is 18.6 Å². The zero-order valence-corrected chi connectivity index (χ0v) is 61.7. The highest BCUT2D eigenvalue weighted by atomic mass is 16.6. The van der Waals surface area contributed by atoms with Gasteiger partial charge in [0, 0.05) is 62.2 Å². The second kappa shape index (κ2) is 40.3. The number of allylic oxidation sites excluding steroid dienone is 2. The van der Waals surface area contributed by atoms with Gasteiger partial charge in [0.25, 0.3) is 0 Å². The average Bonchev–Trinajstić information content (AvgIpc) is 0.821. The van der Waals surface area contributed by atoms with Gasteiger partial charge in [0.15, 0.2) is 5.75 Å². The number of hydrogen-bond acceptors (Lipinski definition) is 15. The number of hydrogen-bond donors (Lipinski definition) is 5. The Morgan fingerprint density at radius 1 is 0.552 bits per heavy atom. The molecule has 1 fully saturated rings. The van der Waals surface area contributed by atoms with Gasteiger partial charge in [-0.1, -0.05) is 119 Å². The van der Waals surface area contributed by atoms with E-state index in [1.54, 1.807) is 85.9 Å². The van der Waals surface area contributed by atoms with E-state index in [1.165, 1.54) is 82.8 Å². The fourth-order valence-corrected chi connectivity index (χ4v) is 11.6. The summed E-state index contributed by atoms with van der Waals surface area (Å²) in [5.74, 6) is -9.74. The average molecular weight is 1350 g/mol. The first-order valence-electron chi connectivity index (χ1n) is 34.0. The maximum absolute atomic E-state index is 15.2. The summed E-state index contributed by atoms with van der Waals surface area (Å²) < 4.78 is 6.24. The molecule has 0 unspecified atom stereocenters. The van der Waals surface area contributed by atoms with Gasteiger partial charge in [-0.3, -0.25) is 52.7 Å². The molecule has 11 amide bonds. The van der Waals surface area contributed by atoms with Crippen molar-refractivity contribution in [3.63, 3.8) is 0 Å². The normalized spacial score (nSPS) is 25.5. The maximum Gasteiger partial charge on any atom is 0.246 e. The number of aliphatic hydroxyl groups is 1. The highest BCUT2D eigenvalue weighted by Crippen LogP contribution is 2.26. The van der Waals surface area contributed by atoms with Crippen molar-refractivity contribution in [3.05, 3.63) is 42.5 Å². The first kappa shape index (κ1) is 84.6. The Balaban J connectivity index is 2.97. The summed E-state index contributed by atoms with van der Waals surface area (Å²) in [6.45, 7) is 27.0. The van der Waals surface area contributed by atoms with Crippen molar-refractivity contribution in [2.45, 2.75) is 228 Å². The third-order valence-electron chi connectivity index (χ3n) is 17.6. The van der Waals surface area contributed by atoms with Gasteiger partial charge in [0.2, 0.25) is 65.0 Å². The van der Waals surface area contributed by atoms with Gasteiger partial charge in [0.1, 0.15) is 60.4 Å². The Hall–Kier alpha value is -7.48. The molecule has 1 heterocycles. The number of benzene rings is 1. The van der Waals surface area contributed by atoms with Crippen molar-refractivity contribution in [2.75, 3.05) is 62.5 Å². The summed E-state index contributed by atoms with van der Waals surface area (Å²) in [7, 11) is 9.77. The Kier molecular flexibility index (Phi) is 35.5. The van der Waals surface area contributed by atoms with E-state index in [0.717, 1.165) is 14.7 Å². The fourth-order valence-electron chi connectivity index (χ4n) is 11.6. The standard InChI is InChI=1S/C70H118N12O14/c1-24-26-32-46(13)60(84)59-64(88)74-51(25-2)66(90)76(17)40-55(83)80(21)58(49(16)95-36-31-30-35-71-96-50-33-28-27-29-34-50)63(87)75-56(44(9)10)69(93)77(18)52(37-41(3)4)62(86)72-47(14)61(85)73-48(15)65(89)78(19)53(38-42(5)6)67(91)79(20)54(39-43(7)8)68(92)81(22)57(45(11)12)70(94)82(59)23/h24,26-29,33-35,41-49,51-54,56-60,84H,25,30-32,36-40H2,1-23H3,(H,72,86)(H,73,85)(H,74,88)(H,75,87)/t46-,47+,48-,49-,51+,52+,53+,54-,56+,57+,58+,59+,60-/m1/s1. The highest BCUT2D eigenvalue weighted by molar-refractivity contribution is 5.99. The summed E-state index contributed by atoms with van der Waals surface area (Å²) in [6, 6.07) is -4.05. The number of ether oxygens (including phenoxy) is 1. The van der Waals surface area contributed by atoms with Crippen LogP contribution in [0.3, 0.4) is 0 Å². The van der Waals surface area contributed by atoms with Crippen LogP contribution in [0.5, 0.6) is 5.75 Å². The number of para-hydroxylation sites is 1. The first-order valence-corrected chi connectivity index (χ1v) is 34.0. The smallest absolute Gasteiger partial charge is 0.246 e. The van der Waals surface area contributed by atoms with Gasteiger partial charge < -0.3 is 70.2 Å². The molecule has 96 heavy (non-hydrogen) atoms. The van der Waals surface area contributed by atoms with Crippen molar-refractivity contribution in [3.8, 4) is 5.75 Å².